The first-order chi connectivity index (χ1) is 8.58. The van der Waals surface area contributed by atoms with Crippen LogP contribution in [0.1, 0.15) is 11.6 Å². The molecule has 0 aliphatic carbocycles. The van der Waals surface area contributed by atoms with Gasteiger partial charge in [0.2, 0.25) is 11.8 Å². The molecule has 6 heteroatoms. The van der Waals surface area contributed by atoms with Gasteiger partial charge in [-0.3, -0.25) is 9.59 Å². The summed E-state index contributed by atoms with van der Waals surface area (Å²) in [6.45, 7) is 1.30. The molecule has 1 aliphatic rings. The molecule has 1 saturated heterocycles. The number of hydrogen-bond acceptors (Lipinski definition) is 3. The molecule has 4 N–H and O–H groups in total. The van der Waals surface area contributed by atoms with Crippen LogP contribution < -0.4 is 16.4 Å². The summed E-state index contributed by atoms with van der Waals surface area (Å²) in [5.74, 6) is -0.773. The normalized spacial score (nSPS) is 16.7. The second kappa shape index (κ2) is 5.49. The maximum absolute atomic E-state index is 11.8. The first-order valence-electron chi connectivity index (χ1n) is 5.64. The van der Waals surface area contributed by atoms with Gasteiger partial charge in [-0.2, -0.15) is 0 Å². The highest BCUT2D eigenvalue weighted by atomic mass is 79.9. The number of halogens is 1. The van der Waals surface area contributed by atoms with Gasteiger partial charge < -0.3 is 16.4 Å². The molecule has 18 heavy (non-hydrogen) atoms. The molecular formula is C12H14BrN3O2. The Kier molecular flexibility index (Phi) is 3.98. The van der Waals surface area contributed by atoms with E-state index >= 15 is 0 Å². The molecule has 1 aromatic carbocycles. The Labute approximate surface area is 113 Å². The lowest BCUT2D eigenvalue weighted by Gasteiger charge is -2.27. The summed E-state index contributed by atoms with van der Waals surface area (Å²) >= 11 is 3.32. The van der Waals surface area contributed by atoms with E-state index in [2.05, 4.69) is 26.6 Å². The average Bonchev–Trinajstić information content (AvgIpc) is 2.23. The molecule has 2 rings (SSSR count). The summed E-state index contributed by atoms with van der Waals surface area (Å²) in [6.07, 6.45) is 0. The van der Waals surface area contributed by atoms with E-state index in [1.807, 2.05) is 6.07 Å². The summed E-state index contributed by atoms with van der Waals surface area (Å²) in [5, 5.41) is 5.70. The van der Waals surface area contributed by atoms with Crippen LogP contribution in [0.3, 0.4) is 0 Å². The summed E-state index contributed by atoms with van der Waals surface area (Å²) in [7, 11) is 0. The standard InChI is InChI=1S/C12H14BrN3O2/c13-9-3-1-2-7(4-9)10(11(14)17)16-12(18)8-5-15-6-8/h1-4,8,10,15H,5-6H2,(H2,14,17)(H,16,18). The van der Waals surface area contributed by atoms with Crippen molar-refractivity contribution >= 4 is 27.7 Å². The van der Waals surface area contributed by atoms with Crippen LogP contribution in [0.2, 0.25) is 0 Å². The molecule has 1 aromatic rings. The molecule has 0 bridgehead atoms. The zero-order valence-electron chi connectivity index (χ0n) is 9.65. The monoisotopic (exact) mass is 311 g/mol. The van der Waals surface area contributed by atoms with Crippen LogP contribution in [-0.2, 0) is 9.59 Å². The van der Waals surface area contributed by atoms with Crippen molar-refractivity contribution in [2.75, 3.05) is 13.1 Å². The van der Waals surface area contributed by atoms with Crippen molar-refractivity contribution in [3.63, 3.8) is 0 Å². The average molecular weight is 312 g/mol. The van der Waals surface area contributed by atoms with E-state index in [9.17, 15) is 9.59 Å². The second-order valence-corrected chi connectivity index (χ2v) is 5.17. The molecule has 0 saturated carbocycles. The SMILES string of the molecule is NC(=O)C(NC(=O)C1CNC1)c1cccc(Br)c1. The number of benzene rings is 1. The molecule has 1 atom stereocenters. The number of amides is 2. The van der Waals surface area contributed by atoms with E-state index in [0.29, 0.717) is 18.7 Å². The van der Waals surface area contributed by atoms with Gasteiger partial charge in [0.1, 0.15) is 6.04 Å². The minimum absolute atomic E-state index is 0.0704. The van der Waals surface area contributed by atoms with E-state index in [1.165, 1.54) is 0 Å². The van der Waals surface area contributed by atoms with Gasteiger partial charge in [0.05, 0.1) is 5.92 Å². The van der Waals surface area contributed by atoms with Gasteiger partial charge >= 0.3 is 0 Å². The van der Waals surface area contributed by atoms with E-state index in [1.54, 1.807) is 18.2 Å². The van der Waals surface area contributed by atoms with Crippen LogP contribution in [0.5, 0.6) is 0 Å². The Morgan fingerprint density at radius 3 is 2.67 bits per heavy atom. The summed E-state index contributed by atoms with van der Waals surface area (Å²) in [4.78, 5) is 23.3. The third-order valence-corrected chi connectivity index (χ3v) is 3.40. The van der Waals surface area contributed by atoms with Gasteiger partial charge in [-0.1, -0.05) is 28.1 Å². The fraction of sp³-hybridized carbons (Fsp3) is 0.333. The molecule has 0 spiro atoms. The highest BCUT2D eigenvalue weighted by Crippen LogP contribution is 2.19. The predicted octanol–water partition coefficient (Wildman–Crippen LogP) is 0.311. The lowest BCUT2D eigenvalue weighted by Crippen LogP contribution is -2.52. The van der Waals surface area contributed by atoms with Crippen LogP contribution in [-0.4, -0.2) is 24.9 Å². The molecule has 0 aromatic heterocycles. The van der Waals surface area contributed by atoms with Gasteiger partial charge in [-0.05, 0) is 17.7 Å². The zero-order valence-corrected chi connectivity index (χ0v) is 11.2. The minimum atomic E-state index is -0.782. The maximum atomic E-state index is 11.8. The molecule has 1 heterocycles. The summed E-state index contributed by atoms with van der Waals surface area (Å²) in [6, 6.07) is 6.40. The minimum Gasteiger partial charge on any atom is -0.368 e. The maximum Gasteiger partial charge on any atom is 0.244 e. The largest absolute Gasteiger partial charge is 0.368 e. The highest BCUT2D eigenvalue weighted by Gasteiger charge is 2.29. The first-order valence-corrected chi connectivity index (χ1v) is 6.43. The Morgan fingerprint density at radius 2 is 2.17 bits per heavy atom. The van der Waals surface area contributed by atoms with Crippen molar-refractivity contribution in [3.8, 4) is 0 Å². The van der Waals surface area contributed by atoms with Crippen LogP contribution in [0, 0.1) is 5.92 Å². The van der Waals surface area contributed by atoms with E-state index in [0.717, 1.165) is 4.47 Å². The fourth-order valence-corrected chi connectivity index (χ4v) is 2.16. The highest BCUT2D eigenvalue weighted by molar-refractivity contribution is 9.10. The van der Waals surface area contributed by atoms with Gasteiger partial charge in [-0.15, -0.1) is 0 Å². The Morgan fingerprint density at radius 1 is 1.44 bits per heavy atom. The van der Waals surface area contributed by atoms with Crippen LogP contribution in [0.15, 0.2) is 28.7 Å². The summed E-state index contributed by atoms with van der Waals surface area (Å²) < 4.78 is 0.839. The smallest absolute Gasteiger partial charge is 0.244 e. The van der Waals surface area contributed by atoms with Gasteiger partial charge in [0, 0.05) is 17.6 Å². The van der Waals surface area contributed by atoms with E-state index in [4.69, 9.17) is 5.73 Å². The molecule has 1 fully saturated rings. The topological polar surface area (TPSA) is 84.2 Å². The fourth-order valence-electron chi connectivity index (χ4n) is 1.74. The van der Waals surface area contributed by atoms with Crippen LogP contribution in [0.25, 0.3) is 0 Å². The van der Waals surface area contributed by atoms with Crippen LogP contribution in [0.4, 0.5) is 0 Å². The Balaban J connectivity index is 2.13. The van der Waals surface area contributed by atoms with E-state index < -0.39 is 11.9 Å². The van der Waals surface area contributed by atoms with Crippen molar-refractivity contribution in [3.05, 3.63) is 34.3 Å². The molecular weight excluding hydrogens is 298 g/mol. The van der Waals surface area contributed by atoms with Gasteiger partial charge in [-0.25, -0.2) is 0 Å². The third-order valence-electron chi connectivity index (χ3n) is 2.91. The third kappa shape index (κ3) is 2.88. The number of nitrogens with two attached hydrogens (primary N) is 1. The van der Waals surface area contributed by atoms with Gasteiger partial charge in [0.25, 0.3) is 0 Å². The number of rotatable bonds is 4. The first kappa shape index (κ1) is 13.0. The van der Waals surface area contributed by atoms with Gasteiger partial charge in [0.15, 0.2) is 0 Å². The molecule has 2 amide bonds. The quantitative estimate of drug-likeness (QED) is 0.748. The van der Waals surface area contributed by atoms with E-state index in [-0.39, 0.29) is 11.8 Å². The number of carbonyl (C=O) groups excluding carboxylic acids is 2. The van der Waals surface area contributed by atoms with Crippen molar-refractivity contribution in [1.29, 1.82) is 0 Å². The van der Waals surface area contributed by atoms with Crippen LogP contribution >= 0.6 is 15.9 Å². The molecule has 96 valence electrons. The van der Waals surface area contributed by atoms with Crippen molar-refractivity contribution in [2.45, 2.75) is 6.04 Å². The molecule has 5 nitrogen and oxygen atoms in total. The lowest BCUT2D eigenvalue weighted by atomic mass is 10.0. The number of carbonyl (C=O) groups is 2. The van der Waals surface area contributed by atoms with Crippen molar-refractivity contribution in [1.82, 2.24) is 10.6 Å². The number of primary amides is 1. The zero-order chi connectivity index (χ0) is 13.1. The summed E-state index contributed by atoms with van der Waals surface area (Å²) in [5.41, 5.74) is 6.02. The Bertz CT molecular complexity index is 474. The predicted molar refractivity (Wildman–Crippen MR) is 70.6 cm³/mol. The second-order valence-electron chi connectivity index (χ2n) is 4.25. The van der Waals surface area contributed by atoms with Crippen molar-refractivity contribution < 1.29 is 9.59 Å². The number of hydrogen-bond donors (Lipinski definition) is 3. The van der Waals surface area contributed by atoms with Crippen molar-refractivity contribution in [2.24, 2.45) is 11.7 Å². The molecule has 0 radical (unpaired) electrons. The molecule has 1 aliphatic heterocycles. The number of nitrogens with one attached hydrogen (secondary N) is 2. The lowest BCUT2D eigenvalue weighted by molar-refractivity contribution is -0.131. The molecule has 1 unspecified atom stereocenters. The Hall–Kier alpha value is -1.40.